The summed E-state index contributed by atoms with van der Waals surface area (Å²) in [5.41, 5.74) is 2.29. The SMILES string of the molecule is COc1ccc(C(=O)Nc2ccc(C3OC(=O)N(Cc4ccc(F)cc4)C3C(=O)NCC(C)C)cc2)cc1. The largest absolute Gasteiger partial charge is 0.497 e. The van der Waals surface area contributed by atoms with E-state index in [-0.39, 0.29) is 30.1 Å². The summed E-state index contributed by atoms with van der Waals surface area (Å²) in [5.74, 6) is -0.147. The van der Waals surface area contributed by atoms with Gasteiger partial charge < -0.3 is 20.1 Å². The number of benzene rings is 3. The Morgan fingerprint density at radius 2 is 1.66 bits per heavy atom. The van der Waals surface area contributed by atoms with Crippen LogP contribution in [-0.4, -0.2) is 42.5 Å². The van der Waals surface area contributed by atoms with E-state index in [1.807, 2.05) is 13.8 Å². The molecule has 2 unspecified atom stereocenters. The molecule has 1 fully saturated rings. The maximum atomic E-state index is 13.4. The number of halogens is 1. The Morgan fingerprint density at radius 3 is 2.26 bits per heavy atom. The van der Waals surface area contributed by atoms with Crippen LogP contribution in [0.25, 0.3) is 0 Å². The molecule has 3 aromatic rings. The van der Waals surface area contributed by atoms with E-state index in [4.69, 9.17) is 9.47 Å². The lowest BCUT2D eigenvalue weighted by Crippen LogP contribution is -2.47. The highest BCUT2D eigenvalue weighted by molar-refractivity contribution is 6.04. The van der Waals surface area contributed by atoms with Crippen LogP contribution in [0, 0.1) is 11.7 Å². The predicted molar refractivity (Wildman–Crippen MR) is 140 cm³/mol. The lowest BCUT2D eigenvalue weighted by Gasteiger charge is -2.24. The van der Waals surface area contributed by atoms with E-state index in [0.29, 0.717) is 34.7 Å². The number of anilines is 1. The Labute approximate surface area is 220 Å². The molecular weight excluding hydrogens is 489 g/mol. The van der Waals surface area contributed by atoms with Gasteiger partial charge >= 0.3 is 6.09 Å². The van der Waals surface area contributed by atoms with Crippen molar-refractivity contribution in [1.82, 2.24) is 10.2 Å². The Morgan fingerprint density at radius 1 is 1.00 bits per heavy atom. The molecule has 0 spiro atoms. The number of carbonyl (C=O) groups excluding carboxylic acids is 3. The fraction of sp³-hybridized carbons (Fsp3) is 0.276. The zero-order valence-corrected chi connectivity index (χ0v) is 21.4. The number of nitrogens with zero attached hydrogens (tertiary/aromatic N) is 1. The number of carbonyl (C=O) groups is 3. The van der Waals surface area contributed by atoms with Gasteiger partial charge in [0.2, 0.25) is 5.91 Å². The summed E-state index contributed by atoms with van der Waals surface area (Å²) >= 11 is 0. The molecule has 1 saturated heterocycles. The predicted octanol–water partition coefficient (Wildman–Crippen LogP) is 4.92. The van der Waals surface area contributed by atoms with Crippen molar-refractivity contribution in [2.75, 3.05) is 19.0 Å². The first-order valence-electron chi connectivity index (χ1n) is 12.3. The fourth-order valence-corrected chi connectivity index (χ4v) is 4.11. The van der Waals surface area contributed by atoms with Gasteiger partial charge in [-0.25, -0.2) is 9.18 Å². The van der Waals surface area contributed by atoms with Gasteiger partial charge in [-0.15, -0.1) is 0 Å². The molecule has 8 nitrogen and oxygen atoms in total. The van der Waals surface area contributed by atoms with Crippen molar-refractivity contribution < 1.29 is 28.2 Å². The van der Waals surface area contributed by atoms with E-state index in [1.165, 1.54) is 17.0 Å². The number of methoxy groups -OCH3 is 1. The second-order valence-corrected chi connectivity index (χ2v) is 9.45. The number of rotatable bonds is 9. The Bertz CT molecular complexity index is 1280. The van der Waals surface area contributed by atoms with Crippen LogP contribution in [-0.2, 0) is 16.1 Å². The van der Waals surface area contributed by atoms with Crippen LogP contribution < -0.4 is 15.4 Å². The summed E-state index contributed by atoms with van der Waals surface area (Å²) in [6.07, 6.45) is -1.50. The number of hydrogen-bond donors (Lipinski definition) is 2. The molecule has 0 aliphatic carbocycles. The molecule has 0 bridgehead atoms. The highest BCUT2D eigenvalue weighted by Crippen LogP contribution is 2.34. The summed E-state index contributed by atoms with van der Waals surface area (Å²) in [6, 6.07) is 18.4. The third-order valence-corrected chi connectivity index (χ3v) is 6.15. The molecule has 1 heterocycles. The molecule has 1 aliphatic rings. The van der Waals surface area contributed by atoms with Gasteiger partial charge in [-0.2, -0.15) is 0 Å². The Hall–Kier alpha value is -4.40. The van der Waals surface area contributed by atoms with Crippen molar-refractivity contribution in [3.05, 3.63) is 95.3 Å². The molecule has 198 valence electrons. The normalized spacial score (nSPS) is 16.8. The van der Waals surface area contributed by atoms with Crippen molar-refractivity contribution in [3.63, 3.8) is 0 Å². The van der Waals surface area contributed by atoms with E-state index in [0.717, 1.165) is 0 Å². The molecule has 0 aromatic heterocycles. The van der Waals surface area contributed by atoms with Crippen molar-refractivity contribution >= 4 is 23.6 Å². The number of ether oxygens (including phenoxy) is 2. The van der Waals surface area contributed by atoms with E-state index in [9.17, 15) is 18.8 Å². The van der Waals surface area contributed by atoms with Crippen LogP contribution in [0.4, 0.5) is 14.9 Å². The lowest BCUT2D eigenvalue weighted by molar-refractivity contribution is -0.126. The first-order chi connectivity index (χ1) is 18.2. The van der Waals surface area contributed by atoms with Gasteiger partial charge in [-0.3, -0.25) is 14.5 Å². The second-order valence-electron chi connectivity index (χ2n) is 9.45. The number of amides is 3. The van der Waals surface area contributed by atoms with Crippen molar-refractivity contribution in [3.8, 4) is 5.75 Å². The van der Waals surface area contributed by atoms with Crippen LogP contribution in [0.2, 0.25) is 0 Å². The molecule has 0 radical (unpaired) electrons. The fourth-order valence-electron chi connectivity index (χ4n) is 4.11. The topological polar surface area (TPSA) is 97.0 Å². The number of nitrogens with one attached hydrogen (secondary N) is 2. The highest BCUT2D eigenvalue weighted by Gasteiger charge is 2.46. The van der Waals surface area contributed by atoms with Gasteiger partial charge in [-0.05, 0) is 65.6 Å². The highest BCUT2D eigenvalue weighted by atomic mass is 19.1. The van der Waals surface area contributed by atoms with E-state index < -0.39 is 18.2 Å². The minimum absolute atomic E-state index is 0.0887. The molecule has 4 rings (SSSR count). The van der Waals surface area contributed by atoms with Crippen LogP contribution >= 0.6 is 0 Å². The summed E-state index contributed by atoms with van der Waals surface area (Å²) in [7, 11) is 1.55. The average Bonchev–Trinajstić information content (AvgIpc) is 3.24. The van der Waals surface area contributed by atoms with Gasteiger partial charge in [0.05, 0.1) is 13.7 Å². The molecular formula is C29H30FN3O5. The Kier molecular flexibility index (Phi) is 8.25. The molecule has 0 saturated carbocycles. The van der Waals surface area contributed by atoms with Crippen molar-refractivity contribution in [2.24, 2.45) is 5.92 Å². The quantitative estimate of drug-likeness (QED) is 0.418. The van der Waals surface area contributed by atoms with Gasteiger partial charge in [0.25, 0.3) is 5.91 Å². The maximum absolute atomic E-state index is 13.4. The molecule has 1 aliphatic heterocycles. The zero-order valence-electron chi connectivity index (χ0n) is 21.4. The van der Waals surface area contributed by atoms with Crippen LogP contribution in [0.5, 0.6) is 5.75 Å². The summed E-state index contributed by atoms with van der Waals surface area (Å²) in [6.45, 7) is 4.48. The maximum Gasteiger partial charge on any atom is 0.411 e. The first kappa shape index (κ1) is 26.7. The molecule has 2 atom stereocenters. The minimum atomic E-state index is -0.925. The molecule has 9 heteroatoms. The molecule has 38 heavy (non-hydrogen) atoms. The third-order valence-electron chi connectivity index (χ3n) is 6.15. The lowest BCUT2D eigenvalue weighted by atomic mass is 10.00. The zero-order chi connectivity index (χ0) is 27.2. The molecule has 2 N–H and O–H groups in total. The van der Waals surface area contributed by atoms with Crippen LogP contribution in [0.1, 0.15) is 41.4 Å². The Balaban J connectivity index is 1.52. The van der Waals surface area contributed by atoms with Crippen LogP contribution in [0.15, 0.2) is 72.8 Å². The van der Waals surface area contributed by atoms with Gasteiger partial charge in [0, 0.05) is 17.8 Å². The standard InChI is InChI=1S/C29H30FN3O5/c1-18(2)16-31-28(35)25-26(38-29(36)33(25)17-19-4-10-22(30)11-5-19)20-6-12-23(13-7-20)32-27(34)21-8-14-24(37-3)15-9-21/h4-15,18,25-26H,16-17H2,1-3H3,(H,31,35)(H,32,34). The minimum Gasteiger partial charge on any atom is -0.497 e. The number of hydrogen-bond acceptors (Lipinski definition) is 5. The molecule has 3 aromatic carbocycles. The van der Waals surface area contributed by atoms with Crippen LogP contribution in [0.3, 0.4) is 0 Å². The van der Waals surface area contributed by atoms with Gasteiger partial charge in [-0.1, -0.05) is 38.1 Å². The number of cyclic esters (lactones) is 1. The second kappa shape index (κ2) is 11.8. The van der Waals surface area contributed by atoms with E-state index in [1.54, 1.807) is 67.8 Å². The van der Waals surface area contributed by atoms with E-state index in [2.05, 4.69) is 10.6 Å². The van der Waals surface area contributed by atoms with Crippen molar-refractivity contribution in [1.29, 1.82) is 0 Å². The first-order valence-corrected chi connectivity index (χ1v) is 12.3. The monoisotopic (exact) mass is 519 g/mol. The van der Waals surface area contributed by atoms with Crippen molar-refractivity contribution in [2.45, 2.75) is 32.5 Å². The smallest absolute Gasteiger partial charge is 0.411 e. The third kappa shape index (κ3) is 6.29. The average molecular weight is 520 g/mol. The molecule has 3 amide bonds. The summed E-state index contributed by atoms with van der Waals surface area (Å²) in [4.78, 5) is 40.1. The summed E-state index contributed by atoms with van der Waals surface area (Å²) in [5, 5.41) is 5.72. The van der Waals surface area contributed by atoms with Gasteiger partial charge in [0.1, 0.15) is 11.6 Å². The summed E-state index contributed by atoms with van der Waals surface area (Å²) < 4.78 is 24.2. The van der Waals surface area contributed by atoms with Gasteiger partial charge in [0.15, 0.2) is 12.1 Å². The van der Waals surface area contributed by atoms with E-state index >= 15 is 0 Å².